The van der Waals surface area contributed by atoms with Gasteiger partial charge in [0.25, 0.3) is 0 Å². The maximum absolute atomic E-state index is 13.9. The van der Waals surface area contributed by atoms with Gasteiger partial charge in [0.05, 0.1) is 19.2 Å². The number of para-hydroxylation sites is 1. The van der Waals surface area contributed by atoms with Crippen molar-refractivity contribution < 1.29 is 18.6 Å². The quantitative estimate of drug-likeness (QED) is 0.447. The van der Waals surface area contributed by atoms with Crippen LogP contribution in [-0.4, -0.2) is 14.2 Å². The van der Waals surface area contributed by atoms with E-state index in [0.717, 1.165) is 16.9 Å². The Morgan fingerprint density at radius 1 is 0.867 bits per heavy atom. The van der Waals surface area contributed by atoms with Gasteiger partial charge < -0.3 is 19.5 Å². The Labute approximate surface area is 187 Å². The number of halogens is 3. The number of nitrogens with one attached hydrogen (secondary N) is 1. The average Bonchev–Trinajstić information content (AvgIpc) is 2.74. The molecule has 0 aliphatic carbocycles. The summed E-state index contributed by atoms with van der Waals surface area (Å²) >= 11 is 6.06. The van der Waals surface area contributed by atoms with Gasteiger partial charge >= 0.3 is 0 Å². The van der Waals surface area contributed by atoms with Crippen LogP contribution in [0.15, 0.2) is 60.7 Å². The molecule has 3 aromatic rings. The lowest BCUT2D eigenvalue weighted by Gasteiger charge is -2.14. The van der Waals surface area contributed by atoms with Gasteiger partial charge in [-0.15, -0.1) is 12.4 Å². The minimum atomic E-state index is -0.395. The first-order chi connectivity index (χ1) is 14.1. The number of methoxy groups -OCH3 is 2. The van der Waals surface area contributed by atoms with Gasteiger partial charge in [0.15, 0.2) is 11.5 Å². The highest BCUT2D eigenvalue weighted by atomic mass is 35.5. The minimum Gasteiger partial charge on any atom is -0.496 e. The zero-order valence-corrected chi connectivity index (χ0v) is 18.4. The van der Waals surface area contributed by atoms with Gasteiger partial charge in [-0.2, -0.15) is 0 Å². The van der Waals surface area contributed by atoms with E-state index in [-0.39, 0.29) is 19.0 Å². The van der Waals surface area contributed by atoms with Crippen molar-refractivity contribution in [2.75, 3.05) is 14.2 Å². The van der Waals surface area contributed by atoms with Crippen LogP contribution < -0.4 is 19.5 Å². The van der Waals surface area contributed by atoms with Crippen LogP contribution in [-0.2, 0) is 19.7 Å². The number of rotatable bonds is 9. The lowest BCUT2D eigenvalue weighted by atomic mass is 10.1. The number of benzene rings is 3. The second-order valence-corrected chi connectivity index (χ2v) is 6.80. The monoisotopic (exact) mass is 451 g/mol. The normalized spacial score (nSPS) is 10.3. The maximum atomic E-state index is 13.9. The molecule has 160 valence electrons. The second-order valence-electron chi connectivity index (χ2n) is 6.39. The molecule has 0 heterocycles. The molecule has 7 heteroatoms. The summed E-state index contributed by atoms with van der Waals surface area (Å²) in [4.78, 5) is 0. The fourth-order valence-corrected chi connectivity index (χ4v) is 3.17. The lowest BCUT2D eigenvalue weighted by Crippen LogP contribution is -2.13. The predicted octanol–water partition coefficient (Wildman–Crippen LogP) is 5.79. The van der Waals surface area contributed by atoms with Crippen LogP contribution in [0.2, 0.25) is 5.02 Å². The Morgan fingerprint density at radius 3 is 2.37 bits per heavy atom. The second kappa shape index (κ2) is 11.6. The Bertz CT molecular complexity index is 949. The molecule has 0 radical (unpaired) electrons. The van der Waals surface area contributed by atoms with E-state index < -0.39 is 5.82 Å². The van der Waals surface area contributed by atoms with Crippen LogP contribution in [0.5, 0.6) is 17.2 Å². The Kier molecular flexibility index (Phi) is 9.24. The van der Waals surface area contributed by atoms with Crippen LogP contribution in [0.3, 0.4) is 0 Å². The van der Waals surface area contributed by atoms with E-state index in [1.807, 2.05) is 42.5 Å². The molecule has 30 heavy (non-hydrogen) atoms. The Hall–Kier alpha value is -2.47. The van der Waals surface area contributed by atoms with Crippen LogP contribution in [0, 0.1) is 5.82 Å². The van der Waals surface area contributed by atoms with Crippen molar-refractivity contribution in [3.8, 4) is 17.2 Å². The molecule has 0 amide bonds. The molecular weight excluding hydrogens is 428 g/mol. The minimum absolute atomic E-state index is 0. The zero-order chi connectivity index (χ0) is 20.6. The molecular formula is C23H24Cl2FNO3. The van der Waals surface area contributed by atoms with Gasteiger partial charge in [-0.25, -0.2) is 4.39 Å². The van der Waals surface area contributed by atoms with E-state index >= 15 is 0 Å². The molecule has 0 spiro atoms. The summed E-state index contributed by atoms with van der Waals surface area (Å²) in [5.74, 6) is 1.57. The summed E-state index contributed by atoms with van der Waals surface area (Å²) in [6, 6.07) is 18.1. The summed E-state index contributed by atoms with van der Waals surface area (Å²) in [7, 11) is 3.24. The molecule has 4 nitrogen and oxygen atoms in total. The van der Waals surface area contributed by atoms with Gasteiger partial charge in [0.1, 0.15) is 18.2 Å². The summed E-state index contributed by atoms with van der Waals surface area (Å²) in [6.07, 6.45) is 0. The van der Waals surface area contributed by atoms with Crippen LogP contribution in [0.4, 0.5) is 4.39 Å². The fourth-order valence-electron chi connectivity index (χ4n) is 2.95. The van der Waals surface area contributed by atoms with Crippen molar-refractivity contribution >= 4 is 24.0 Å². The molecule has 0 saturated carbocycles. The molecule has 0 aliphatic heterocycles. The van der Waals surface area contributed by atoms with Crippen molar-refractivity contribution in [1.82, 2.24) is 5.32 Å². The Balaban J connectivity index is 0.00000320. The molecule has 0 aliphatic rings. The van der Waals surface area contributed by atoms with E-state index in [4.69, 9.17) is 25.8 Å². The maximum Gasteiger partial charge on any atom is 0.161 e. The largest absolute Gasteiger partial charge is 0.496 e. The third kappa shape index (κ3) is 6.02. The predicted molar refractivity (Wildman–Crippen MR) is 120 cm³/mol. The first-order valence-electron chi connectivity index (χ1n) is 9.17. The van der Waals surface area contributed by atoms with Crippen molar-refractivity contribution in [2.45, 2.75) is 19.7 Å². The summed E-state index contributed by atoms with van der Waals surface area (Å²) in [5.41, 5.74) is 2.44. The van der Waals surface area contributed by atoms with E-state index in [2.05, 4.69) is 5.32 Å². The number of hydrogen-bond donors (Lipinski definition) is 1. The molecule has 0 unspecified atom stereocenters. The topological polar surface area (TPSA) is 39.7 Å². The SMILES string of the molecule is COc1ccccc1CNCc1ccc(OCc2c(F)cccc2Cl)c(OC)c1.Cl. The first-order valence-corrected chi connectivity index (χ1v) is 9.55. The summed E-state index contributed by atoms with van der Waals surface area (Å²) < 4.78 is 30.5. The molecule has 3 rings (SSSR count). The number of hydrogen-bond acceptors (Lipinski definition) is 4. The third-order valence-corrected chi connectivity index (χ3v) is 4.85. The highest BCUT2D eigenvalue weighted by Gasteiger charge is 2.11. The van der Waals surface area contributed by atoms with Gasteiger partial charge in [-0.1, -0.05) is 41.9 Å². The van der Waals surface area contributed by atoms with Crippen molar-refractivity contribution in [3.63, 3.8) is 0 Å². The molecule has 0 saturated heterocycles. The zero-order valence-electron chi connectivity index (χ0n) is 16.8. The van der Waals surface area contributed by atoms with Crippen molar-refractivity contribution in [2.24, 2.45) is 0 Å². The fraction of sp³-hybridized carbons (Fsp3) is 0.217. The summed E-state index contributed by atoms with van der Waals surface area (Å²) in [5, 5.41) is 3.73. The van der Waals surface area contributed by atoms with Crippen LogP contribution in [0.1, 0.15) is 16.7 Å². The lowest BCUT2D eigenvalue weighted by molar-refractivity contribution is 0.279. The molecule has 3 aromatic carbocycles. The average molecular weight is 452 g/mol. The molecule has 0 atom stereocenters. The van der Waals surface area contributed by atoms with Crippen molar-refractivity contribution in [1.29, 1.82) is 0 Å². The van der Waals surface area contributed by atoms with Crippen LogP contribution in [0.25, 0.3) is 0 Å². The van der Waals surface area contributed by atoms with E-state index in [0.29, 0.717) is 35.2 Å². The molecule has 0 aromatic heterocycles. The smallest absolute Gasteiger partial charge is 0.161 e. The Morgan fingerprint density at radius 2 is 1.63 bits per heavy atom. The molecule has 0 bridgehead atoms. The van der Waals surface area contributed by atoms with Gasteiger partial charge in [0, 0.05) is 24.2 Å². The highest BCUT2D eigenvalue weighted by molar-refractivity contribution is 6.31. The first kappa shape index (κ1) is 23.8. The molecule has 1 N–H and O–H groups in total. The van der Waals surface area contributed by atoms with E-state index in [1.165, 1.54) is 6.07 Å². The van der Waals surface area contributed by atoms with E-state index in [1.54, 1.807) is 26.4 Å². The summed E-state index contributed by atoms with van der Waals surface area (Å²) in [6.45, 7) is 1.34. The highest BCUT2D eigenvalue weighted by Crippen LogP contribution is 2.30. The number of ether oxygens (including phenoxy) is 3. The van der Waals surface area contributed by atoms with Gasteiger partial charge in [0.2, 0.25) is 0 Å². The van der Waals surface area contributed by atoms with Crippen LogP contribution >= 0.6 is 24.0 Å². The third-order valence-electron chi connectivity index (χ3n) is 4.50. The van der Waals surface area contributed by atoms with Gasteiger partial charge in [-0.05, 0) is 35.9 Å². The standard InChI is InChI=1S/C23H23ClFNO3.ClH/c1-27-21-9-4-3-6-17(21)14-26-13-16-10-11-22(23(12-16)28-2)29-15-18-19(24)7-5-8-20(18)25;/h3-12,26H,13-15H2,1-2H3;1H. The van der Waals surface area contributed by atoms with E-state index in [9.17, 15) is 4.39 Å². The van der Waals surface area contributed by atoms with Gasteiger partial charge in [-0.3, -0.25) is 0 Å². The molecule has 0 fully saturated rings. The van der Waals surface area contributed by atoms with Crippen molar-refractivity contribution in [3.05, 3.63) is 88.2 Å².